The van der Waals surface area contributed by atoms with Crippen LogP contribution in [0.15, 0.2) is 48.8 Å². The van der Waals surface area contributed by atoms with Gasteiger partial charge in [0.1, 0.15) is 0 Å². The Kier molecular flexibility index (Phi) is 6.29. The van der Waals surface area contributed by atoms with Crippen LogP contribution in [-0.4, -0.2) is 29.7 Å². The highest BCUT2D eigenvalue weighted by atomic mass is 16.5. The predicted octanol–water partition coefficient (Wildman–Crippen LogP) is 3.73. The van der Waals surface area contributed by atoms with E-state index >= 15 is 0 Å². The fourth-order valence-electron chi connectivity index (χ4n) is 3.47. The Labute approximate surface area is 150 Å². The van der Waals surface area contributed by atoms with Gasteiger partial charge in [-0.2, -0.15) is 0 Å². The van der Waals surface area contributed by atoms with E-state index in [0.29, 0.717) is 31.6 Å². The quantitative estimate of drug-likeness (QED) is 0.781. The Morgan fingerprint density at radius 3 is 2.60 bits per heavy atom. The third kappa shape index (κ3) is 5.20. The van der Waals surface area contributed by atoms with Crippen LogP contribution >= 0.6 is 0 Å². The molecule has 1 aliphatic carbocycles. The molecule has 0 saturated heterocycles. The first-order chi connectivity index (χ1) is 12.2. The molecule has 134 valence electrons. The van der Waals surface area contributed by atoms with Crippen LogP contribution in [-0.2, 0) is 16.0 Å². The normalized spacial score (nSPS) is 20.4. The van der Waals surface area contributed by atoms with E-state index in [4.69, 9.17) is 4.74 Å². The molecule has 2 aromatic rings. The average Bonchev–Trinajstić information content (AvgIpc) is 3.15. The van der Waals surface area contributed by atoms with Gasteiger partial charge >= 0.3 is 0 Å². The summed E-state index contributed by atoms with van der Waals surface area (Å²) >= 11 is 0. The fraction of sp³-hybridized carbons (Fsp3) is 0.476. The first-order valence-electron chi connectivity index (χ1n) is 9.33. The van der Waals surface area contributed by atoms with Crippen molar-refractivity contribution in [3.8, 4) is 5.69 Å². The van der Waals surface area contributed by atoms with Crippen molar-refractivity contribution in [3.63, 3.8) is 0 Å². The maximum Gasteiger partial charge on any atom is 0.224 e. The number of benzene rings is 1. The third-order valence-corrected chi connectivity index (χ3v) is 4.99. The van der Waals surface area contributed by atoms with Gasteiger partial charge in [0, 0.05) is 24.6 Å². The molecule has 25 heavy (non-hydrogen) atoms. The molecule has 1 amide bonds. The zero-order chi connectivity index (χ0) is 17.5. The fourth-order valence-corrected chi connectivity index (χ4v) is 3.47. The molecule has 1 aromatic heterocycles. The van der Waals surface area contributed by atoms with E-state index in [9.17, 15) is 4.79 Å². The second-order valence-electron chi connectivity index (χ2n) is 6.95. The van der Waals surface area contributed by atoms with Crippen molar-refractivity contribution in [2.75, 3.05) is 13.2 Å². The molecule has 1 heterocycles. The zero-order valence-electron chi connectivity index (χ0n) is 15.0. The minimum absolute atomic E-state index is 0.0500. The van der Waals surface area contributed by atoms with Crippen LogP contribution in [0.3, 0.4) is 0 Å². The summed E-state index contributed by atoms with van der Waals surface area (Å²) in [4.78, 5) is 12.1. The van der Waals surface area contributed by atoms with Crippen molar-refractivity contribution in [2.24, 2.45) is 5.92 Å². The monoisotopic (exact) mass is 340 g/mol. The molecule has 1 N–H and O–H groups in total. The lowest BCUT2D eigenvalue weighted by molar-refractivity contribution is -0.120. The number of ether oxygens (including phenoxy) is 1. The number of hydrogen-bond donors (Lipinski definition) is 1. The van der Waals surface area contributed by atoms with Crippen molar-refractivity contribution in [1.82, 2.24) is 9.88 Å². The van der Waals surface area contributed by atoms with Crippen LogP contribution in [0.4, 0.5) is 0 Å². The van der Waals surface area contributed by atoms with E-state index in [1.807, 2.05) is 53.4 Å². The summed E-state index contributed by atoms with van der Waals surface area (Å²) < 4.78 is 7.98. The summed E-state index contributed by atoms with van der Waals surface area (Å²) in [5, 5.41) is 2.96. The van der Waals surface area contributed by atoms with E-state index in [0.717, 1.165) is 17.7 Å². The lowest BCUT2D eigenvalue weighted by atomic mass is 9.88. The van der Waals surface area contributed by atoms with E-state index < -0.39 is 0 Å². The molecule has 0 spiro atoms. The molecule has 0 unspecified atom stereocenters. The van der Waals surface area contributed by atoms with Gasteiger partial charge in [-0.05, 0) is 48.6 Å². The van der Waals surface area contributed by atoms with Crippen LogP contribution in [0.5, 0.6) is 0 Å². The lowest BCUT2D eigenvalue weighted by Gasteiger charge is -2.28. The van der Waals surface area contributed by atoms with Gasteiger partial charge in [0.15, 0.2) is 0 Å². The first-order valence-corrected chi connectivity index (χ1v) is 9.33. The highest BCUT2D eigenvalue weighted by Gasteiger charge is 2.21. The molecular formula is C21H28N2O2. The van der Waals surface area contributed by atoms with Crippen molar-refractivity contribution in [1.29, 1.82) is 0 Å². The minimum atomic E-state index is 0.0500. The second kappa shape index (κ2) is 8.86. The molecule has 0 aliphatic heterocycles. The summed E-state index contributed by atoms with van der Waals surface area (Å²) in [6, 6.07) is 12.1. The Bertz CT molecular complexity index is 649. The molecule has 0 bridgehead atoms. The molecule has 0 radical (unpaired) electrons. The summed E-state index contributed by atoms with van der Waals surface area (Å²) in [5.41, 5.74) is 2.12. The van der Waals surface area contributed by atoms with E-state index in [2.05, 4.69) is 12.2 Å². The van der Waals surface area contributed by atoms with Crippen LogP contribution < -0.4 is 5.32 Å². The van der Waals surface area contributed by atoms with Gasteiger partial charge in [0.2, 0.25) is 5.91 Å². The molecule has 4 nitrogen and oxygen atoms in total. The minimum Gasteiger partial charge on any atom is -0.376 e. The van der Waals surface area contributed by atoms with Gasteiger partial charge in [-0.1, -0.05) is 31.9 Å². The molecule has 3 rings (SSSR count). The number of rotatable bonds is 7. The molecule has 1 aliphatic rings. The Hall–Kier alpha value is -2.07. The van der Waals surface area contributed by atoms with Crippen molar-refractivity contribution in [2.45, 2.75) is 45.1 Å². The Morgan fingerprint density at radius 1 is 1.16 bits per heavy atom. The average molecular weight is 340 g/mol. The van der Waals surface area contributed by atoms with E-state index in [-0.39, 0.29) is 5.91 Å². The van der Waals surface area contributed by atoms with Gasteiger partial charge < -0.3 is 14.6 Å². The van der Waals surface area contributed by atoms with E-state index in [1.165, 1.54) is 19.3 Å². The summed E-state index contributed by atoms with van der Waals surface area (Å²) in [7, 11) is 0. The standard InChI is InChI=1S/C21H28N2O2/c1-17-6-2-3-7-20(17)25-15-12-22-21(24)16-18-8-10-19(11-9-18)23-13-4-5-14-23/h4-5,8-11,13-14,17,20H,2-3,6-7,12,15-16H2,1H3,(H,22,24)/t17-,20-/m0/s1. The molecule has 1 fully saturated rings. The largest absolute Gasteiger partial charge is 0.376 e. The molecule has 2 atom stereocenters. The number of carbonyl (C=O) groups is 1. The summed E-state index contributed by atoms with van der Waals surface area (Å²) in [6.45, 7) is 3.45. The van der Waals surface area contributed by atoms with Crippen LogP contribution in [0.1, 0.15) is 38.2 Å². The summed E-state index contributed by atoms with van der Waals surface area (Å²) in [5.74, 6) is 0.692. The number of carbonyl (C=O) groups excluding carboxylic acids is 1. The number of nitrogens with zero attached hydrogens (tertiary/aromatic N) is 1. The van der Waals surface area contributed by atoms with Crippen molar-refractivity contribution < 1.29 is 9.53 Å². The Morgan fingerprint density at radius 2 is 1.88 bits per heavy atom. The van der Waals surface area contributed by atoms with Crippen LogP contribution in [0.25, 0.3) is 5.69 Å². The second-order valence-corrected chi connectivity index (χ2v) is 6.95. The molecule has 4 heteroatoms. The van der Waals surface area contributed by atoms with Crippen molar-refractivity contribution in [3.05, 3.63) is 54.4 Å². The lowest BCUT2D eigenvalue weighted by Crippen LogP contribution is -2.32. The highest BCUT2D eigenvalue weighted by Crippen LogP contribution is 2.25. The maximum atomic E-state index is 12.1. The summed E-state index contributed by atoms with van der Waals surface area (Å²) in [6.07, 6.45) is 9.79. The number of amides is 1. The van der Waals surface area contributed by atoms with Gasteiger partial charge in [-0.3, -0.25) is 4.79 Å². The number of hydrogen-bond acceptors (Lipinski definition) is 2. The molecule has 1 aromatic carbocycles. The van der Waals surface area contributed by atoms with Gasteiger partial charge in [-0.15, -0.1) is 0 Å². The maximum absolute atomic E-state index is 12.1. The smallest absolute Gasteiger partial charge is 0.224 e. The third-order valence-electron chi connectivity index (χ3n) is 4.99. The van der Waals surface area contributed by atoms with E-state index in [1.54, 1.807) is 0 Å². The van der Waals surface area contributed by atoms with Gasteiger partial charge in [-0.25, -0.2) is 0 Å². The first kappa shape index (κ1) is 17.7. The predicted molar refractivity (Wildman–Crippen MR) is 99.9 cm³/mol. The van der Waals surface area contributed by atoms with Crippen LogP contribution in [0.2, 0.25) is 0 Å². The topological polar surface area (TPSA) is 43.3 Å². The molecular weight excluding hydrogens is 312 g/mol. The SMILES string of the molecule is C[C@H]1CCCC[C@@H]1OCCNC(=O)Cc1ccc(-n2cccc2)cc1. The Balaban J connectivity index is 1.37. The van der Waals surface area contributed by atoms with Gasteiger partial charge in [0.05, 0.1) is 19.1 Å². The van der Waals surface area contributed by atoms with Gasteiger partial charge in [0.25, 0.3) is 0 Å². The van der Waals surface area contributed by atoms with Crippen LogP contribution in [0, 0.1) is 5.92 Å². The number of nitrogens with one attached hydrogen (secondary N) is 1. The zero-order valence-corrected chi connectivity index (χ0v) is 15.0. The number of aromatic nitrogens is 1. The molecule has 1 saturated carbocycles. The van der Waals surface area contributed by atoms with Crippen molar-refractivity contribution >= 4 is 5.91 Å². The highest BCUT2D eigenvalue weighted by molar-refractivity contribution is 5.78.